The van der Waals surface area contributed by atoms with Gasteiger partial charge < -0.3 is 14.3 Å². The highest BCUT2D eigenvalue weighted by Gasteiger charge is 2.16. The average molecular weight is 359 g/mol. The summed E-state index contributed by atoms with van der Waals surface area (Å²) in [5.74, 6) is 0.257. The highest BCUT2D eigenvalue weighted by Crippen LogP contribution is 2.27. The number of nitrogens with zero attached hydrogens (tertiary/aromatic N) is 2. The Morgan fingerprint density at radius 2 is 2.32 bits per heavy atom. The first kappa shape index (κ1) is 17.1. The summed E-state index contributed by atoms with van der Waals surface area (Å²) in [6.07, 6.45) is 3.17. The molecule has 2 heterocycles. The van der Waals surface area contributed by atoms with Gasteiger partial charge in [-0.1, -0.05) is 11.8 Å². The van der Waals surface area contributed by atoms with E-state index in [4.69, 9.17) is 14.3 Å². The molecule has 0 fully saturated rings. The molecule has 1 aromatic carbocycles. The number of allylic oxidation sites excluding steroid dienone is 1. The van der Waals surface area contributed by atoms with Crippen LogP contribution in [0, 0.1) is 0 Å². The van der Waals surface area contributed by atoms with Crippen LogP contribution in [0.4, 0.5) is 0 Å². The van der Waals surface area contributed by atoms with E-state index >= 15 is 0 Å². The molecule has 1 unspecified atom stereocenters. The lowest BCUT2D eigenvalue weighted by Gasteiger charge is -2.15. The van der Waals surface area contributed by atoms with Crippen molar-refractivity contribution in [1.29, 1.82) is 0 Å². The Morgan fingerprint density at radius 1 is 1.48 bits per heavy atom. The first-order valence-corrected chi connectivity index (χ1v) is 8.63. The number of H-pyrrole nitrogens is 1. The summed E-state index contributed by atoms with van der Waals surface area (Å²) in [5.41, 5.74) is 1.76. The number of carboxylic acid groups (broad SMARTS) is 1. The SMILES string of the molecule is C/C=C(\OC(C)c1nc(SCC(=O)O)n[nH]1)c1ccc2occc2c1. The topological polar surface area (TPSA) is 101 Å². The zero-order valence-electron chi connectivity index (χ0n) is 13.7. The summed E-state index contributed by atoms with van der Waals surface area (Å²) < 4.78 is 11.4. The number of rotatable bonds is 7. The molecule has 0 spiro atoms. The van der Waals surface area contributed by atoms with Gasteiger partial charge in [0.05, 0.1) is 12.0 Å². The largest absolute Gasteiger partial charge is 0.482 e. The van der Waals surface area contributed by atoms with Crippen molar-refractivity contribution in [3.05, 3.63) is 48.0 Å². The molecule has 7 nitrogen and oxygen atoms in total. The van der Waals surface area contributed by atoms with Crippen LogP contribution in [-0.2, 0) is 9.53 Å². The molecule has 0 bridgehead atoms. The molecule has 0 aliphatic heterocycles. The highest BCUT2D eigenvalue weighted by molar-refractivity contribution is 7.99. The maximum absolute atomic E-state index is 10.6. The van der Waals surface area contributed by atoms with Gasteiger partial charge in [-0.15, -0.1) is 5.10 Å². The zero-order valence-corrected chi connectivity index (χ0v) is 14.5. The standard InChI is InChI=1S/C17H17N3O4S/c1-3-13(11-4-5-14-12(8-11)6-7-23-14)24-10(2)16-18-17(20-19-16)25-9-15(21)22/h3-8,10H,9H2,1-2H3,(H,21,22)(H,18,19,20)/b13-3-. The number of hydrogen-bond donors (Lipinski definition) is 2. The Hall–Kier alpha value is -2.74. The van der Waals surface area contributed by atoms with Gasteiger partial charge in [-0.25, -0.2) is 4.98 Å². The van der Waals surface area contributed by atoms with E-state index in [0.29, 0.717) is 16.7 Å². The fourth-order valence-electron chi connectivity index (χ4n) is 2.30. The maximum Gasteiger partial charge on any atom is 0.313 e. The second-order valence-corrected chi connectivity index (χ2v) is 6.21. The molecule has 2 N–H and O–H groups in total. The molecule has 0 aliphatic carbocycles. The Bertz CT molecular complexity index is 915. The number of thioether (sulfide) groups is 1. The molecule has 2 aromatic heterocycles. The number of aromatic nitrogens is 3. The van der Waals surface area contributed by atoms with Gasteiger partial charge in [0.1, 0.15) is 11.3 Å². The lowest BCUT2D eigenvalue weighted by molar-refractivity contribution is -0.133. The first-order chi connectivity index (χ1) is 12.1. The Morgan fingerprint density at radius 3 is 3.08 bits per heavy atom. The molecule has 0 amide bonds. The quantitative estimate of drug-likeness (QED) is 0.488. The molecular weight excluding hydrogens is 342 g/mol. The summed E-state index contributed by atoms with van der Waals surface area (Å²) in [7, 11) is 0. The molecule has 0 saturated carbocycles. The number of ether oxygens (including phenoxy) is 1. The van der Waals surface area contributed by atoms with Gasteiger partial charge in [-0.05, 0) is 44.2 Å². The van der Waals surface area contributed by atoms with Crippen molar-refractivity contribution >= 4 is 34.5 Å². The number of benzene rings is 1. The fraction of sp³-hybridized carbons (Fsp3) is 0.235. The third-order valence-electron chi connectivity index (χ3n) is 3.49. The summed E-state index contributed by atoms with van der Waals surface area (Å²) in [6, 6.07) is 7.73. The molecule has 3 rings (SSSR count). The Labute approximate surface area is 148 Å². The smallest absolute Gasteiger partial charge is 0.313 e. The predicted molar refractivity (Wildman–Crippen MR) is 94.1 cm³/mol. The number of aromatic amines is 1. The van der Waals surface area contributed by atoms with E-state index in [2.05, 4.69) is 15.2 Å². The van der Waals surface area contributed by atoms with Gasteiger partial charge in [0.25, 0.3) is 0 Å². The number of aliphatic carboxylic acids is 1. The molecule has 1 atom stereocenters. The van der Waals surface area contributed by atoms with E-state index in [1.165, 1.54) is 0 Å². The van der Waals surface area contributed by atoms with Crippen LogP contribution in [0.3, 0.4) is 0 Å². The lowest BCUT2D eigenvalue weighted by atomic mass is 10.1. The van der Waals surface area contributed by atoms with Crippen LogP contribution in [0.15, 0.2) is 46.2 Å². The highest BCUT2D eigenvalue weighted by atomic mass is 32.2. The van der Waals surface area contributed by atoms with Gasteiger partial charge in [-0.3, -0.25) is 9.89 Å². The van der Waals surface area contributed by atoms with Crippen molar-refractivity contribution in [2.24, 2.45) is 0 Å². The molecule has 8 heteroatoms. The number of carboxylic acids is 1. The van der Waals surface area contributed by atoms with Crippen molar-refractivity contribution in [2.45, 2.75) is 25.1 Å². The van der Waals surface area contributed by atoms with E-state index in [1.54, 1.807) is 6.26 Å². The van der Waals surface area contributed by atoms with Crippen molar-refractivity contribution in [3.8, 4) is 0 Å². The second-order valence-electron chi connectivity index (χ2n) is 5.27. The summed E-state index contributed by atoms with van der Waals surface area (Å²) >= 11 is 1.06. The average Bonchev–Trinajstić information content (AvgIpc) is 3.25. The van der Waals surface area contributed by atoms with Crippen LogP contribution in [0.25, 0.3) is 16.7 Å². The molecule has 25 heavy (non-hydrogen) atoms. The lowest BCUT2D eigenvalue weighted by Crippen LogP contribution is -2.02. The Kier molecular flexibility index (Phi) is 5.08. The molecule has 0 aliphatic rings. The van der Waals surface area contributed by atoms with E-state index < -0.39 is 5.97 Å². The fourth-order valence-corrected chi connectivity index (χ4v) is 2.83. The molecule has 130 valence electrons. The van der Waals surface area contributed by atoms with Crippen molar-refractivity contribution in [2.75, 3.05) is 5.75 Å². The molecule has 0 radical (unpaired) electrons. The number of carbonyl (C=O) groups is 1. The van der Waals surface area contributed by atoms with Gasteiger partial charge in [0.15, 0.2) is 11.9 Å². The second kappa shape index (κ2) is 7.43. The Balaban J connectivity index is 1.71. The van der Waals surface area contributed by atoms with Crippen LogP contribution in [0.2, 0.25) is 0 Å². The molecular formula is C17H17N3O4S. The number of fused-ring (bicyclic) bond motifs is 1. The summed E-state index contributed by atoms with van der Waals surface area (Å²) in [5, 5.41) is 16.9. The van der Waals surface area contributed by atoms with E-state index in [1.807, 2.05) is 44.2 Å². The maximum atomic E-state index is 10.6. The van der Waals surface area contributed by atoms with E-state index in [9.17, 15) is 4.79 Å². The third-order valence-corrected chi connectivity index (χ3v) is 4.33. The number of furan rings is 1. The minimum absolute atomic E-state index is 0.0860. The molecule has 0 saturated heterocycles. The minimum Gasteiger partial charge on any atom is -0.482 e. The van der Waals surface area contributed by atoms with Gasteiger partial charge in [-0.2, -0.15) is 0 Å². The van der Waals surface area contributed by atoms with Crippen LogP contribution in [0.1, 0.15) is 31.3 Å². The van der Waals surface area contributed by atoms with Crippen LogP contribution in [-0.4, -0.2) is 32.0 Å². The van der Waals surface area contributed by atoms with Crippen molar-refractivity contribution in [1.82, 2.24) is 15.2 Å². The zero-order chi connectivity index (χ0) is 17.8. The van der Waals surface area contributed by atoms with Crippen molar-refractivity contribution in [3.63, 3.8) is 0 Å². The normalized spacial score (nSPS) is 13.1. The van der Waals surface area contributed by atoms with Gasteiger partial charge in [0, 0.05) is 10.9 Å². The minimum atomic E-state index is -0.911. The predicted octanol–water partition coefficient (Wildman–Crippen LogP) is 3.87. The van der Waals surface area contributed by atoms with Crippen LogP contribution >= 0.6 is 11.8 Å². The van der Waals surface area contributed by atoms with E-state index in [0.717, 1.165) is 28.3 Å². The monoisotopic (exact) mass is 359 g/mol. The van der Waals surface area contributed by atoms with E-state index in [-0.39, 0.29) is 11.9 Å². The third kappa shape index (κ3) is 4.03. The summed E-state index contributed by atoms with van der Waals surface area (Å²) in [4.78, 5) is 14.9. The number of hydrogen-bond acceptors (Lipinski definition) is 6. The summed E-state index contributed by atoms with van der Waals surface area (Å²) in [6.45, 7) is 3.75. The van der Waals surface area contributed by atoms with Gasteiger partial charge in [0.2, 0.25) is 5.16 Å². The molecule has 3 aromatic rings. The van der Waals surface area contributed by atoms with Crippen LogP contribution in [0.5, 0.6) is 0 Å². The van der Waals surface area contributed by atoms with Crippen LogP contribution < -0.4 is 0 Å². The first-order valence-electron chi connectivity index (χ1n) is 7.64. The van der Waals surface area contributed by atoms with Crippen molar-refractivity contribution < 1.29 is 19.1 Å². The number of nitrogens with one attached hydrogen (secondary N) is 1. The van der Waals surface area contributed by atoms with Gasteiger partial charge >= 0.3 is 5.97 Å².